The molecule has 0 aliphatic heterocycles. The van der Waals surface area contributed by atoms with Gasteiger partial charge in [-0.2, -0.15) is 5.26 Å². The summed E-state index contributed by atoms with van der Waals surface area (Å²) in [6.07, 6.45) is 0. The zero-order valence-corrected chi connectivity index (χ0v) is 12.8. The minimum Gasteiger partial charge on any atom is -0.468 e. The molecule has 1 aromatic carbocycles. The molecule has 0 heterocycles. The van der Waals surface area contributed by atoms with E-state index in [1.807, 2.05) is 6.07 Å². The van der Waals surface area contributed by atoms with Crippen molar-refractivity contribution in [1.29, 1.82) is 5.26 Å². The molecule has 18 heavy (non-hydrogen) atoms. The largest absolute Gasteiger partial charge is 0.468 e. The SMILES string of the molecule is C[Si](C)(C)CCOCOc1ccc(C#N)c(Cl)c1. The van der Waals surface area contributed by atoms with Crippen molar-refractivity contribution < 1.29 is 9.47 Å². The van der Waals surface area contributed by atoms with Gasteiger partial charge in [0.05, 0.1) is 10.6 Å². The predicted molar refractivity (Wildman–Crippen MR) is 75.8 cm³/mol. The van der Waals surface area contributed by atoms with E-state index in [0.29, 0.717) is 16.3 Å². The molecular formula is C13H18ClNO2Si. The molecule has 1 aromatic rings. The van der Waals surface area contributed by atoms with Gasteiger partial charge >= 0.3 is 0 Å². The number of hydrogen-bond acceptors (Lipinski definition) is 3. The van der Waals surface area contributed by atoms with Crippen LogP contribution < -0.4 is 4.74 Å². The van der Waals surface area contributed by atoms with E-state index >= 15 is 0 Å². The average Bonchev–Trinajstić information content (AvgIpc) is 2.27. The second-order valence-corrected chi connectivity index (χ2v) is 11.3. The van der Waals surface area contributed by atoms with E-state index in [-0.39, 0.29) is 6.79 Å². The van der Waals surface area contributed by atoms with Crippen LogP contribution in [0.5, 0.6) is 5.75 Å². The fourth-order valence-electron chi connectivity index (χ4n) is 1.22. The Morgan fingerprint density at radius 1 is 1.33 bits per heavy atom. The maximum atomic E-state index is 8.74. The molecule has 0 radical (unpaired) electrons. The van der Waals surface area contributed by atoms with Crippen LogP contribution in [0.2, 0.25) is 30.7 Å². The molecule has 98 valence electrons. The monoisotopic (exact) mass is 283 g/mol. The maximum Gasteiger partial charge on any atom is 0.189 e. The molecule has 0 aliphatic rings. The number of hydrogen-bond donors (Lipinski definition) is 0. The Labute approximate surface area is 114 Å². The minimum absolute atomic E-state index is 0.215. The van der Waals surface area contributed by atoms with Gasteiger partial charge in [0, 0.05) is 20.7 Å². The van der Waals surface area contributed by atoms with Gasteiger partial charge in [-0.15, -0.1) is 0 Å². The summed E-state index contributed by atoms with van der Waals surface area (Å²) < 4.78 is 10.8. The fraction of sp³-hybridized carbons (Fsp3) is 0.462. The van der Waals surface area contributed by atoms with E-state index < -0.39 is 8.07 Å². The molecule has 3 nitrogen and oxygen atoms in total. The first-order valence-corrected chi connectivity index (χ1v) is 9.91. The second kappa shape index (κ2) is 6.79. The van der Waals surface area contributed by atoms with Crippen molar-refractivity contribution in [2.45, 2.75) is 25.7 Å². The summed E-state index contributed by atoms with van der Waals surface area (Å²) in [5.74, 6) is 0.618. The molecule has 0 aliphatic carbocycles. The molecule has 0 atom stereocenters. The summed E-state index contributed by atoms with van der Waals surface area (Å²) in [6.45, 7) is 7.85. The van der Waals surface area contributed by atoms with Crippen molar-refractivity contribution in [3.63, 3.8) is 0 Å². The number of nitriles is 1. The third-order valence-electron chi connectivity index (χ3n) is 2.37. The molecule has 0 N–H and O–H groups in total. The van der Waals surface area contributed by atoms with Gasteiger partial charge in [0.1, 0.15) is 11.8 Å². The first-order valence-electron chi connectivity index (χ1n) is 5.82. The lowest BCUT2D eigenvalue weighted by Crippen LogP contribution is -2.22. The van der Waals surface area contributed by atoms with E-state index in [4.69, 9.17) is 26.3 Å². The van der Waals surface area contributed by atoms with Crippen LogP contribution in [-0.4, -0.2) is 21.5 Å². The van der Waals surface area contributed by atoms with E-state index in [2.05, 4.69) is 19.6 Å². The lowest BCUT2D eigenvalue weighted by Gasteiger charge is -2.15. The standard InChI is InChI=1S/C13H18ClNO2Si/c1-18(2,3)7-6-16-10-17-12-5-4-11(9-15)13(14)8-12/h4-5,8H,6-7,10H2,1-3H3. The topological polar surface area (TPSA) is 42.2 Å². The van der Waals surface area contributed by atoms with Gasteiger partial charge in [-0.1, -0.05) is 31.2 Å². The zero-order valence-electron chi connectivity index (χ0n) is 11.0. The Hall–Kier alpha value is -1.02. The molecule has 0 spiro atoms. The highest BCUT2D eigenvalue weighted by atomic mass is 35.5. The first kappa shape index (κ1) is 15.0. The molecule has 5 heteroatoms. The number of rotatable bonds is 6. The van der Waals surface area contributed by atoms with Crippen molar-refractivity contribution >= 4 is 19.7 Å². The Kier molecular flexibility index (Phi) is 5.67. The van der Waals surface area contributed by atoms with E-state index in [1.165, 1.54) is 0 Å². The van der Waals surface area contributed by atoms with E-state index in [1.54, 1.807) is 18.2 Å². The van der Waals surface area contributed by atoms with Gasteiger partial charge in [0.15, 0.2) is 6.79 Å². The lowest BCUT2D eigenvalue weighted by molar-refractivity contribution is 0.0220. The summed E-state index contributed by atoms with van der Waals surface area (Å²) in [5.41, 5.74) is 0.448. The first-order chi connectivity index (χ1) is 8.42. The van der Waals surface area contributed by atoms with Crippen molar-refractivity contribution in [3.05, 3.63) is 28.8 Å². The minimum atomic E-state index is -1.05. The Balaban J connectivity index is 2.32. The number of ether oxygens (including phenoxy) is 2. The van der Waals surface area contributed by atoms with E-state index in [9.17, 15) is 0 Å². The average molecular weight is 284 g/mol. The molecule has 0 fully saturated rings. The van der Waals surface area contributed by atoms with Gasteiger partial charge in [-0.3, -0.25) is 0 Å². The van der Waals surface area contributed by atoms with Gasteiger partial charge in [0.25, 0.3) is 0 Å². The lowest BCUT2D eigenvalue weighted by atomic mass is 10.2. The van der Waals surface area contributed by atoms with Crippen molar-refractivity contribution in [2.75, 3.05) is 13.4 Å². The summed E-state index contributed by atoms with van der Waals surface area (Å²) in [7, 11) is -1.05. The van der Waals surface area contributed by atoms with Gasteiger partial charge in [0.2, 0.25) is 0 Å². The smallest absolute Gasteiger partial charge is 0.189 e. The predicted octanol–water partition coefficient (Wildman–Crippen LogP) is 3.90. The molecule has 1 rings (SSSR count). The van der Waals surface area contributed by atoms with Crippen LogP contribution in [-0.2, 0) is 4.74 Å². The quantitative estimate of drug-likeness (QED) is 0.452. The van der Waals surface area contributed by atoms with Crippen molar-refractivity contribution in [3.8, 4) is 11.8 Å². The van der Waals surface area contributed by atoms with Crippen LogP contribution >= 0.6 is 11.6 Å². The van der Waals surface area contributed by atoms with Gasteiger partial charge in [-0.05, 0) is 18.2 Å². The number of benzene rings is 1. The van der Waals surface area contributed by atoms with Crippen LogP contribution in [0.3, 0.4) is 0 Å². The van der Waals surface area contributed by atoms with Crippen molar-refractivity contribution in [2.24, 2.45) is 0 Å². The van der Waals surface area contributed by atoms with Crippen LogP contribution in [0.15, 0.2) is 18.2 Å². The summed E-state index contributed by atoms with van der Waals surface area (Å²) in [4.78, 5) is 0. The third-order valence-corrected chi connectivity index (χ3v) is 4.38. The molecule has 0 amide bonds. The summed E-state index contributed by atoms with van der Waals surface area (Å²) >= 11 is 5.89. The highest BCUT2D eigenvalue weighted by Gasteiger charge is 2.11. The molecular weight excluding hydrogens is 266 g/mol. The molecule has 0 aromatic heterocycles. The van der Waals surface area contributed by atoms with Crippen LogP contribution in [0, 0.1) is 11.3 Å². The van der Waals surface area contributed by atoms with Gasteiger partial charge in [-0.25, -0.2) is 0 Å². The van der Waals surface area contributed by atoms with Crippen LogP contribution in [0.1, 0.15) is 5.56 Å². The Morgan fingerprint density at radius 3 is 2.61 bits per heavy atom. The third kappa shape index (κ3) is 5.54. The highest BCUT2D eigenvalue weighted by Crippen LogP contribution is 2.21. The number of nitrogens with zero attached hydrogens (tertiary/aromatic N) is 1. The molecule has 0 saturated carbocycles. The summed E-state index contributed by atoms with van der Waals surface area (Å²) in [6, 6.07) is 8.10. The van der Waals surface area contributed by atoms with E-state index in [0.717, 1.165) is 12.7 Å². The van der Waals surface area contributed by atoms with Crippen LogP contribution in [0.25, 0.3) is 0 Å². The zero-order chi connectivity index (χ0) is 13.6. The second-order valence-electron chi connectivity index (χ2n) is 5.23. The maximum absolute atomic E-state index is 8.74. The summed E-state index contributed by atoms with van der Waals surface area (Å²) in [5, 5.41) is 9.14. The Morgan fingerprint density at radius 2 is 2.06 bits per heavy atom. The van der Waals surface area contributed by atoms with Gasteiger partial charge < -0.3 is 9.47 Å². The van der Waals surface area contributed by atoms with Crippen LogP contribution in [0.4, 0.5) is 0 Å². The molecule has 0 saturated heterocycles. The highest BCUT2D eigenvalue weighted by molar-refractivity contribution is 6.76. The number of halogens is 1. The molecule has 0 unspecified atom stereocenters. The normalized spacial score (nSPS) is 11.1. The molecule has 0 bridgehead atoms. The Bertz CT molecular complexity index is 438. The van der Waals surface area contributed by atoms with Crippen molar-refractivity contribution in [1.82, 2.24) is 0 Å². The fourth-order valence-corrected chi connectivity index (χ4v) is 2.19.